The van der Waals surface area contributed by atoms with Crippen molar-refractivity contribution in [3.05, 3.63) is 35.9 Å². The third-order valence-corrected chi connectivity index (χ3v) is 5.69. The standard InChI is InChI=1S/C22H34N6.HI/c1-6-27(7-2)18-12-13-28(16-18)22(23-3)24-15-17-14-21(26(4)5)25-20-11-9-8-10-19(17)20;/h8-11,14,18H,6-7,12-13,15-16H2,1-5H3,(H,23,24);1H. The van der Waals surface area contributed by atoms with Crippen LogP contribution in [0.1, 0.15) is 25.8 Å². The Balaban J connectivity index is 0.00000300. The molecule has 1 unspecified atom stereocenters. The van der Waals surface area contributed by atoms with Crippen LogP contribution >= 0.6 is 24.0 Å². The van der Waals surface area contributed by atoms with Crippen molar-refractivity contribution in [3.63, 3.8) is 0 Å². The molecule has 7 heteroatoms. The van der Waals surface area contributed by atoms with Gasteiger partial charge in [-0.2, -0.15) is 0 Å². The van der Waals surface area contributed by atoms with Crippen molar-refractivity contribution in [2.45, 2.75) is 32.9 Å². The molecule has 1 saturated heterocycles. The van der Waals surface area contributed by atoms with Crippen molar-refractivity contribution >= 4 is 46.7 Å². The molecule has 3 rings (SSSR count). The van der Waals surface area contributed by atoms with Crippen molar-refractivity contribution in [2.24, 2.45) is 4.99 Å². The Kier molecular flexibility index (Phi) is 8.95. The number of benzene rings is 1. The zero-order valence-corrected chi connectivity index (χ0v) is 20.7. The predicted octanol–water partition coefficient (Wildman–Crippen LogP) is 3.41. The number of aliphatic imine (C=N–C) groups is 1. The molecular formula is C22H35IN6. The van der Waals surface area contributed by atoms with Gasteiger partial charge in [0.2, 0.25) is 0 Å². The summed E-state index contributed by atoms with van der Waals surface area (Å²) >= 11 is 0. The normalized spacial score (nSPS) is 17.0. The predicted molar refractivity (Wildman–Crippen MR) is 135 cm³/mol. The lowest BCUT2D eigenvalue weighted by molar-refractivity contribution is 0.223. The van der Waals surface area contributed by atoms with Crippen LogP contribution in [-0.4, -0.2) is 74.1 Å². The molecule has 0 radical (unpaired) electrons. The summed E-state index contributed by atoms with van der Waals surface area (Å²) < 4.78 is 0. The molecule has 0 bridgehead atoms. The summed E-state index contributed by atoms with van der Waals surface area (Å²) in [6.07, 6.45) is 1.20. The first-order valence-electron chi connectivity index (χ1n) is 10.3. The van der Waals surface area contributed by atoms with Crippen molar-refractivity contribution in [2.75, 3.05) is 52.2 Å². The Hall–Kier alpha value is -1.61. The fourth-order valence-electron chi connectivity index (χ4n) is 4.09. The summed E-state index contributed by atoms with van der Waals surface area (Å²) in [5.74, 6) is 1.97. The first-order valence-corrected chi connectivity index (χ1v) is 10.3. The Bertz CT molecular complexity index is 818. The lowest BCUT2D eigenvalue weighted by Crippen LogP contribution is -2.43. The fraction of sp³-hybridized carbons (Fsp3) is 0.545. The van der Waals surface area contributed by atoms with E-state index in [2.05, 4.69) is 63.1 Å². The van der Waals surface area contributed by atoms with E-state index >= 15 is 0 Å². The maximum Gasteiger partial charge on any atom is 0.193 e. The summed E-state index contributed by atoms with van der Waals surface area (Å²) in [5, 5.41) is 4.79. The van der Waals surface area contributed by atoms with Crippen molar-refractivity contribution in [1.82, 2.24) is 20.1 Å². The zero-order chi connectivity index (χ0) is 20.1. The van der Waals surface area contributed by atoms with E-state index in [-0.39, 0.29) is 24.0 Å². The number of guanidine groups is 1. The van der Waals surface area contributed by atoms with Gasteiger partial charge in [-0.3, -0.25) is 9.89 Å². The lowest BCUT2D eigenvalue weighted by atomic mass is 10.1. The van der Waals surface area contributed by atoms with Gasteiger partial charge >= 0.3 is 0 Å². The van der Waals surface area contributed by atoms with Gasteiger partial charge in [0, 0.05) is 52.2 Å². The molecule has 1 fully saturated rings. The molecule has 160 valence electrons. The third kappa shape index (κ3) is 5.51. The first-order chi connectivity index (χ1) is 13.6. The minimum atomic E-state index is 0. The number of likely N-dealkylation sites (tertiary alicyclic amines) is 1. The number of nitrogens with one attached hydrogen (secondary N) is 1. The minimum Gasteiger partial charge on any atom is -0.363 e. The molecule has 29 heavy (non-hydrogen) atoms. The van der Waals surface area contributed by atoms with Gasteiger partial charge in [-0.05, 0) is 37.2 Å². The molecular weight excluding hydrogens is 475 g/mol. The second-order valence-electron chi connectivity index (χ2n) is 7.56. The molecule has 2 heterocycles. The second-order valence-corrected chi connectivity index (χ2v) is 7.56. The van der Waals surface area contributed by atoms with E-state index in [4.69, 9.17) is 4.98 Å². The molecule has 1 aliphatic heterocycles. The number of fused-ring (bicyclic) bond motifs is 1. The zero-order valence-electron chi connectivity index (χ0n) is 18.4. The monoisotopic (exact) mass is 510 g/mol. The van der Waals surface area contributed by atoms with E-state index in [9.17, 15) is 0 Å². The van der Waals surface area contributed by atoms with E-state index in [0.717, 1.165) is 50.0 Å². The third-order valence-electron chi connectivity index (χ3n) is 5.69. The molecule has 6 nitrogen and oxygen atoms in total. The van der Waals surface area contributed by atoms with Crippen LogP contribution in [0, 0.1) is 0 Å². The van der Waals surface area contributed by atoms with Crippen LogP contribution in [0.3, 0.4) is 0 Å². The van der Waals surface area contributed by atoms with Crippen LogP contribution in [0.5, 0.6) is 0 Å². The Labute approximate surface area is 192 Å². The van der Waals surface area contributed by atoms with Gasteiger partial charge in [-0.15, -0.1) is 24.0 Å². The summed E-state index contributed by atoms with van der Waals surface area (Å²) in [6.45, 7) is 9.55. The van der Waals surface area contributed by atoms with Crippen LogP contribution in [0.4, 0.5) is 5.82 Å². The molecule has 0 aliphatic carbocycles. The summed E-state index contributed by atoms with van der Waals surface area (Å²) in [7, 11) is 5.94. The average molecular weight is 510 g/mol. The largest absolute Gasteiger partial charge is 0.363 e. The van der Waals surface area contributed by atoms with Crippen molar-refractivity contribution in [3.8, 4) is 0 Å². The van der Waals surface area contributed by atoms with Crippen LogP contribution in [0.15, 0.2) is 35.3 Å². The number of aromatic nitrogens is 1. The minimum absolute atomic E-state index is 0. The van der Waals surface area contributed by atoms with E-state index in [1.807, 2.05) is 27.2 Å². The number of nitrogens with zero attached hydrogens (tertiary/aromatic N) is 5. The summed E-state index contributed by atoms with van der Waals surface area (Å²) in [5.41, 5.74) is 2.28. The van der Waals surface area contributed by atoms with Crippen LogP contribution in [-0.2, 0) is 6.54 Å². The Morgan fingerprint density at radius 2 is 1.97 bits per heavy atom. The van der Waals surface area contributed by atoms with Crippen LogP contribution < -0.4 is 10.2 Å². The maximum atomic E-state index is 4.76. The van der Waals surface area contributed by atoms with Crippen LogP contribution in [0.2, 0.25) is 0 Å². The number of anilines is 1. The second kappa shape index (κ2) is 11.0. The highest BCUT2D eigenvalue weighted by atomic mass is 127. The smallest absolute Gasteiger partial charge is 0.193 e. The van der Waals surface area contributed by atoms with Crippen LogP contribution in [0.25, 0.3) is 10.9 Å². The van der Waals surface area contributed by atoms with Gasteiger partial charge in [-0.25, -0.2) is 4.98 Å². The first kappa shape index (κ1) is 23.7. The number of likely N-dealkylation sites (N-methyl/N-ethyl adjacent to an activating group) is 1. The molecule has 0 saturated carbocycles. The van der Waals surface area contributed by atoms with Gasteiger partial charge < -0.3 is 15.1 Å². The molecule has 1 N–H and O–H groups in total. The van der Waals surface area contributed by atoms with Gasteiger partial charge in [0.25, 0.3) is 0 Å². The van der Waals surface area contributed by atoms with Gasteiger partial charge in [0.1, 0.15) is 5.82 Å². The highest BCUT2D eigenvalue weighted by molar-refractivity contribution is 14.0. The Morgan fingerprint density at radius 3 is 2.62 bits per heavy atom. The highest BCUT2D eigenvalue weighted by Gasteiger charge is 2.28. The molecule has 1 aromatic carbocycles. The van der Waals surface area contributed by atoms with E-state index in [1.54, 1.807) is 0 Å². The average Bonchev–Trinajstić information content (AvgIpc) is 3.18. The molecule has 2 aromatic rings. The lowest BCUT2D eigenvalue weighted by Gasteiger charge is -2.27. The number of hydrogen-bond donors (Lipinski definition) is 1. The number of halogens is 1. The molecule has 1 atom stereocenters. The van der Waals surface area contributed by atoms with Crippen molar-refractivity contribution < 1.29 is 0 Å². The number of para-hydroxylation sites is 1. The number of rotatable bonds is 6. The van der Waals surface area contributed by atoms with E-state index in [0.29, 0.717) is 6.04 Å². The maximum absolute atomic E-state index is 4.76. The summed E-state index contributed by atoms with van der Waals surface area (Å²) in [4.78, 5) is 16.3. The number of hydrogen-bond acceptors (Lipinski definition) is 4. The molecule has 1 aliphatic rings. The Morgan fingerprint density at radius 1 is 1.24 bits per heavy atom. The topological polar surface area (TPSA) is 47.0 Å². The summed E-state index contributed by atoms with van der Waals surface area (Å²) in [6, 6.07) is 11.1. The van der Waals surface area contributed by atoms with E-state index in [1.165, 1.54) is 17.4 Å². The quantitative estimate of drug-likeness (QED) is 0.367. The highest BCUT2D eigenvalue weighted by Crippen LogP contribution is 2.22. The molecule has 0 amide bonds. The van der Waals surface area contributed by atoms with Gasteiger partial charge in [0.05, 0.1) is 5.52 Å². The molecule has 0 spiro atoms. The SMILES string of the molecule is CCN(CC)C1CCN(C(=NC)NCc2cc(N(C)C)nc3ccccc23)C1.I. The van der Waals surface area contributed by atoms with Gasteiger partial charge in [-0.1, -0.05) is 32.0 Å². The fourth-order valence-corrected chi connectivity index (χ4v) is 4.09. The van der Waals surface area contributed by atoms with Gasteiger partial charge in [0.15, 0.2) is 5.96 Å². The molecule has 1 aromatic heterocycles. The number of pyridine rings is 1. The van der Waals surface area contributed by atoms with E-state index < -0.39 is 0 Å². The van der Waals surface area contributed by atoms with Crippen molar-refractivity contribution in [1.29, 1.82) is 0 Å².